The summed E-state index contributed by atoms with van der Waals surface area (Å²) < 4.78 is 0. The molecule has 0 spiro atoms. The van der Waals surface area contributed by atoms with Gasteiger partial charge in [-0.15, -0.1) is 11.8 Å². The number of benzene rings is 2. The predicted octanol–water partition coefficient (Wildman–Crippen LogP) is 4.54. The van der Waals surface area contributed by atoms with Gasteiger partial charge >= 0.3 is 0 Å². The van der Waals surface area contributed by atoms with Crippen LogP contribution in [0.5, 0.6) is 0 Å². The smallest absolute Gasteiger partial charge is 0.250 e. The Morgan fingerprint density at radius 2 is 1.82 bits per heavy atom. The van der Waals surface area contributed by atoms with Crippen LogP contribution in [0.2, 0.25) is 10.0 Å². The molecule has 0 bridgehead atoms. The summed E-state index contributed by atoms with van der Waals surface area (Å²) in [6.07, 6.45) is 1.44. The second-order valence-corrected chi connectivity index (χ2v) is 6.39. The van der Waals surface area contributed by atoms with Gasteiger partial charge in [-0.25, -0.2) is 5.43 Å². The monoisotopic (exact) mass is 352 g/mol. The summed E-state index contributed by atoms with van der Waals surface area (Å²) in [4.78, 5) is 12.8. The van der Waals surface area contributed by atoms with Crippen molar-refractivity contribution in [2.45, 2.75) is 11.8 Å². The highest BCUT2D eigenvalue weighted by molar-refractivity contribution is 8.00. The van der Waals surface area contributed by atoms with Gasteiger partial charge in [-0.05, 0) is 31.2 Å². The lowest BCUT2D eigenvalue weighted by molar-refractivity contribution is -0.118. The van der Waals surface area contributed by atoms with Crippen molar-refractivity contribution < 1.29 is 4.79 Å². The van der Waals surface area contributed by atoms with E-state index in [0.717, 1.165) is 4.90 Å². The first-order valence-corrected chi connectivity index (χ1v) is 8.26. The number of carbonyl (C=O) groups is 1. The molecule has 0 fully saturated rings. The number of thioether (sulfide) groups is 1. The van der Waals surface area contributed by atoms with Gasteiger partial charge in [0.15, 0.2) is 0 Å². The van der Waals surface area contributed by atoms with E-state index in [1.807, 2.05) is 31.2 Å². The number of rotatable bonds is 5. The number of amides is 1. The third-order valence-electron chi connectivity index (χ3n) is 2.77. The first kappa shape index (κ1) is 16.9. The molecule has 2 aromatic rings. The number of nitrogens with one attached hydrogen (secondary N) is 1. The zero-order valence-electron chi connectivity index (χ0n) is 11.8. The Bertz CT molecular complexity index is 667. The standard InChI is InChI=1S/C16H14Cl2N2OS/c1-11-5-7-12(8-6-11)22-10-16(21)20-19-9-13-14(17)3-2-4-15(13)18/h2-9H,10H2,1H3,(H,20,21)/b19-9+. The molecule has 0 aliphatic carbocycles. The molecule has 2 aromatic carbocycles. The quantitative estimate of drug-likeness (QED) is 0.487. The average molecular weight is 353 g/mol. The molecular formula is C16H14Cl2N2OS. The fourth-order valence-electron chi connectivity index (χ4n) is 1.62. The second kappa shape index (κ2) is 8.22. The molecule has 1 amide bonds. The molecule has 0 heterocycles. The molecule has 6 heteroatoms. The van der Waals surface area contributed by atoms with Crippen molar-refractivity contribution in [3.8, 4) is 0 Å². The van der Waals surface area contributed by atoms with E-state index >= 15 is 0 Å². The highest BCUT2D eigenvalue weighted by Gasteiger charge is 2.04. The number of halogens is 2. The minimum atomic E-state index is -0.190. The zero-order valence-corrected chi connectivity index (χ0v) is 14.2. The topological polar surface area (TPSA) is 41.5 Å². The van der Waals surface area contributed by atoms with E-state index < -0.39 is 0 Å². The van der Waals surface area contributed by atoms with E-state index in [1.54, 1.807) is 18.2 Å². The zero-order chi connectivity index (χ0) is 15.9. The van der Waals surface area contributed by atoms with E-state index in [2.05, 4.69) is 10.5 Å². The van der Waals surface area contributed by atoms with Crippen molar-refractivity contribution >= 4 is 47.1 Å². The van der Waals surface area contributed by atoms with Gasteiger partial charge in [0.1, 0.15) is 0 Å². The SMILES string of the molecule is Cc1ccc(SCC(=O)N/N=C/c2c(Cl)cccc2Cl)cc1. The highest BCUT2D eigenvalue weighted by atomic mass is 35.5. The summed E-state index contributed by atoms with van der Waals surface area (Å²) in [7, 11) is 0. The number of hydrogen-bond donors (Lipinski definition) is 1. The Hall–Kier alpha value is -1.49. The van der Waals surface area contributed by atoms with Gasteiger partial charge in [-0.3, -0.25) is 4.79 Å². The van der Waals surface area contributed by atoms with E-state index in [4.69, 9.17) is 23.2 Å². The van der Waals surface area contributed by atoms with Crippen molar-refractivity contribution in [1.82, 2.24) is 5.43 Å². The van der Waals surface area contributed by atoms with E-state index in [-0.39, 0.29) is 11.7 Å². The molecule has 2 rings (SSSR count). The van der Waals surface area contributed by atoms with Crippen LogP contribution < -0.4 is 5.43 Å². The Balaban J connectivity index is 1.85. The maximum absolute atomic E-state index is 11.7. The lowest BCUT2D eigenvalue weighted by atomic mass is 10.2. The van der Waals surface area contributed by atoms with Gasteiger partial charge in [0.25, 0.3) is 0 Å². The average Bonchev–Trinajstić information content (AvgIpc) is 2.50. The Labute approximate surface area is 143 Å². The van der Waals surface area contributed by atoms with Crippen molar-refractivity contribution in [1.29, 1.82) is 0 Å². The Morgan fingerprint density at radius 3 is 2.45 bits per heavy atom. The van der Waals surface area contributed by atoms with Crippen LogP contribution in [0.15, 0.2) is 52.5 Å². The lowest BCUT2D eigenvalue weighted by Crippen LogP contribution is -2.19. The molecule has 1 N–H and O–H groups in total. The van der Waals surface area contributed by atoms with Crippen molar-refractivity contribution in [2.24, 2.45) is 5.10 Å². The normalized spacial score (nSPS) is 10.9. The molecule has 3 nitrogen and oxygen atoms in total. The van der Waals surface area contributed by atoms with Crippen molar-refractivity contribution in [3.05, 3.63) is 63.6 Å². The summed E-state index contributed by atoms with van der Waals surface area (Å²) in [5, 5.41) is 4.85. The van der Waals surface area contributed by atoms with Crippen LogP contribution in [0, 0.1) is 6.92 Å². The molecule has 0 aromatic heterocycles. The summed E-state index contributed by atoms with van der Waals surface area (Å²) in [6.45, 7) is 2.02. The first-order chi connectivity index (χ1) is 10.6. The number of nitrogens with zero attached hydrogens (tertiary/aromatic N) is 1. The molecule has 0 aliphatic heterocycles. The lowest BCUT2D eigenvalue weighted by Gasteiger charge is -2.02. The van der Waals surface area contributed by atoms with E-state index in [9.17, 15) is 4.79 Å². The molecular weight excluding hydrogens is 339 g/mol. The van der Waals surface area contributed by atoms with Gasteiger partial charge in [0.2, 0.25) is 5.91 Å². The maximum atomic E-state index is 11.7. The summed E-state index contributed by atoms with van der Waals surface area (Å²) in [5.74, 6) is 0.0985. The minimum Gasteiger partial charge on any atom is -0.272 e. The highest BCUT2D eigenvalue weighted by Crippen LogP contribution is 2.22. The fourth-order valence-corrected chi connectivity index (χ4v) is 2.80. The first-order valence-electron chi connectivity index (χ1n) is 6.51. The second-order valence-electron chi connectivity index (χ2n) is 4.53. The summed E-state index contributed by atoms with van der Waals surface area (Å²) in [6, 6.07) is 13.2. The van der Waals surface area contributed by atoms with Crippen LogP contribution in [0.3, 0.4) is 0 Å². The molecule has 22 heavy (non-hydrogen) atoms. The van der Waals surface area contributed by atoms with E-state index in [0.29, 0.717) is 15.6 Å². The van der Waals surface area contributed by atoms with Crippen LogP contribution in [0.1, 0.15) is 11.1 Å². The number of hydrogen-bond acceptors (Lipinski definition) is 3. The number of aryl methyl sites for hydroxylation is 1. The predicted molar refractivity (Wildman–Crippen MR) is 94.1 cm³/mol. The third-order valence-corrected chi connectivity index (χ3v) is 4.44. The third kappa shape index (κ3) is 5.05. The van der Waals surface area contributed by atoms with E-state index in [1.165, 1.54) is 23.5 Å². The Morgan fingerprint density at radius 1 is 1.18 bits per heavy atom. The van der Waals surface area contributed by atoms with Gasteiger partial charge in [-0.1, -0.05) is 47.0 Å². The number of carbonyl (C=O) groups excluding carboxylic acids is 1. The molecule has 0 radical (unpaired) electrons. The van der Waals surface area contributed by atoms with Gasteiger partial charge in [0, 0.05) is 10.5 Å². The minimum absolute atomic E-state index is 0.190. The molecule has 0 unspecified atom stereocenters. The molecule has 0 saturated carbocycles. The summed E-state index contributed by atoms with van der Waals surface area (Å²) in [5.41, 5.74) is 4.23. The summed E-state index contributed by atoms with van der Waals surface area (Å²) >= 11 is 13.5. The maximum Gasteiger partial charge on any atom is 0.250 e. The Kier molecular flexibility index (Phi) is 6.31. The fraction of sp³-hybridized carbons (Fsp3) is 0.125. The van der Waals surface area contributed by atoms with Gasteiger partial charge in [0.05, 0.1) is 22.0 Å². The van der Waals surface area contributed by atoms with Gasteiger partial charge < -0.3 is 0 Å². The molecule has 114 valence electrons. The van der Waals surface area contributed by atoms with Crippen LogP contribution in [-0.4, -0.2) is 17.9 Å². The van der Waals surface area contributed by atoms with Crippen LogP contribution in [0.25, 0.3) is 0 Å². The van der Waals surface area contributed by atoms with Crippen molar-refractivity contribution in [2.75, 3.05) is 5.75 Å². The number of hydrazone groups is 1. The van der Waals surface area contributed by atoms with Crippen LogP contribution >= 0.6 is 35.0 Å². The van der Waals surface area contributed by atoms with Gasteiger partial charge in [-0.2, -0.15) is 5.10 Å². The molecule has 0 aliphatic rings. The molecule has 0 saturated heterocycles. The molecule has 0 atom stereocenters. The van der Waals surface area contributed by atoms with Crippen LogP contribution in [-0.2, 0) is 4.79 Å². The largest absolute Gasteiger partial charge is 0.272 e. The van der Waals surface area contributed by atoms with Crippen molar-refractivity contribution in [3.63, 3.8) is 0 Å². The van der Waals surface area contributed by atoms with Crippen LogP contribution in [0.4, 0.5) is 0 Å².